The first kappa shape index (κ1) is 28.0. The quantitative estimate of drug-likeness (QED) is 0.167. The number of likely N-dealkylation sites (N-methyl/N-ethyl adjacent to an activating group) is 1. The fraction of sp³-hybridized carbons (Fsp3) is 0.385. The van der Waals surface area contributed by atoms with E-state index in [1.54, 1.807) is 35.2 Å². The predicted octanol–water partition coefficient (Wildman–Crippen LogP) is 1.03. The number of aromatic nitrogens is 1. The second-order valence-electron chi connectivity index (χ2n) is 9.98. The third-order valence-electron chi connectivity index (χ3n) is 7.36. The number of hydrogen-bond donors (Lipinski definition) is 3. The fourth-order valence-electron chi connectivity index (χ4n) is 5.09. The zero-order valence-corrected chi connectivity index (χ0v) is 23.8. The van der Waals surface area contributed by atoms with E-state index in [1.807, 2.05) is 7.05 Å². The molecule has 3 heterocycles. The summed E-state index contributed by atoms with van der Waals surface area (Å²) in [5.41, 5.74) is 7.12. The zero-order valence-electron chi connectivity index (χ0n) is 22.2. The Hall–Kier alpha value is -3.59. The number of benzene rings is 2. The highest BCUT2D eigenvalue weighted by Gasteiger charge is 2.38. The molecule has 4 N–H and O–H groups in total. The highest BCUT2D eigenvalue weighted by atomic mass is 32.2. The Labute approximate surface area is 236 Å². The third-order valence-corrected chi connectivity index (χ3v) is 10.3. The van der Waals surface area contributed by atoms with Gasteiger partial charge in [0.1, 0.15) is 0 Å². The summed E-state index contributed by atoms with van der Waals surface area (Å²) in [6.07, 6.45) is 0.745. The Balaban J connectivity index is 1.39. The van der Waals surface area contributed by atoms with Crippen LogP contribution in [0.25, 0.3) is 10.8 Å². The molecule has 2 aromatic carbocycles. The largest absolute Gasteiger partial charge is 0.409 e. The minimum atomic E-state index is -3.93. The molecule has 0 bridgehead atoms. The Morgan fingerprint density at radius 2 is 1.93 bits per heavy atom. The van der Waals surface area contributed by atoms with Gasteiger partial charge < -0.3 is 26.1 Å². The lowest BCUT2D eigenvalue weighted by atomic mass is 10.1. The first-order valence-electron chi connectivity index (χ1n) is 12.8. The van der Waals surface area contributed by atoms with Gasteiger partial charge >= 0.3 is 0 Å². The van der Waals surface area contributed by atoms with Gasteiger partial charge in [-0.2, -0.15) is 4.31 Å². The summed E-state index contributed by atoms with van der Waals surface area (Å²) in [6.45, 7) is 1.83. The van der Waals surface area contributed by atoms with Gasteiger partial charge in [0.05, 0.1) is 16.6 Å². The van der Waals surface area contributed by atoms with Crippen LogP contribution in [-0.4, -0.2) is 96.7 Å². The molecule has 40 heavy (non-hydrogen) atoms. The van der Waals surface area contributed by atoms with Crippen molar-refractivity contribution in [2.24, 2.45) is 10.9 Å². The standard InChI is InChI=1S/C26H31N7O5S2/c1-28-23(34)13-19-14-32(9-10-33(19)26(35)25-29-21-7-8-31(2)15-22(21)39-25)40(37,38)20-6-5-16-11-18(24(27)30-36)4-3-17(16)12-20/h3-6,11-12,19,36H,7-10,13-15H2,1-2H3,(H2,27,30)(H,28,34). The smallest absolute Gasteiger partial charge is 0.283 e. The van der Waals surface area contributed by atoms with Crippen molar-refractivity contribution in [2.75, 3.05) is 40.3 Å². The second kappa shape index (κ2) is 11.1. The van der Waals surface area contributed by atoms with Crippen molar-refractivity contribution in [3.8, 4) is 0 Å². The molecule has 2 aliphatic rings. The number of piperazine rings is 1. The van der Waals surface area contributed by atoms with E-state index in [9.17, 15) is 18.0 Å². The first-order chi connectivity index (χ1) is 19.1. The molecule has 3 aromatic rings. The fourth-order valence-corrected chi connectivity index (χ4v) is 7.74. The number of carbonyl (C=O) groups is 2. The maximum Gasteiger partial charge on any atom is 0.283 e. The van der Waals surface area contributed by atoms with E-state index < -0.39 is 16.1 Å². The third kappa shape index (κ3) is 5.39. The van der Waals surface area contributed by atoms with Crippen LogP contribution in [-0.2, 0) is 27.8 Å². The lowest BCUT2D eigenvalue weighted by Crippen LogP contribution is -2.57. The minimum absolute atomic E-state index is 0.0181. The van der Waals surface area contributed by atoms with Crippen molar-refractivity contribution >= 4 is 49.8 Å². The summed E-state index contributed by atoms with van der Waals surface area (Å²) < 4.78 is 28.7. The number of sulfonamides is 1. The molecule has 1 atom stereocenters. The van der Waals surface area contributed by atoms with Gasteiger partial charge in [-0.1, -0.05) is 23.4 Å². The van der Waals surface area contributed by atoms with Crippen LogP contribution >= 0.6 is 11.3 Å². The molecule has 12 nitrogen and oxygen atoms in total. The molecule has 0 saturated carbocycles. The van der Waals surface area contributed by atoms with Crippen molar-refractivity contribution in [1.82, 2.24) is 24.4 Å². The van der Waals surface area contributed by atoms with Crippen molar-refractivity contribution in [1.29, 1.82) is 0 Å². The Morgan fingerprint density at radius 3 is 2.67 bits per heavy atom. The Morgan fingerprint density at radius 1 is 1.18 bits per heavy atom. The number of oxime groups is 1. The lowest BCUT2D eigenvalue weighted by Gasteiger charge is -2.40. The molecule has 2 amide bonds. The first-order valence-corrected chi connectivity index (χ1v) is 15.1. The number of rotatable bonds is 6. The molecule has 1 fully saturated rings. The molecule has 1 saturated heterocycles. The summed E-state index contributed by atoms with van der Waals surface area (Å²) in [7, 11) is -0.388. The molecule has 5 rings (SSSR count). The van der Waals surface area contributed by atoms with E-state index in [-0.39, 0.29) is 48.6 Å². The van der Waals surface area contributed by atoms with Gasteiger partial charge in [-0.25, -0.2) is 13.4 Å². The molecular weight excluding hydrogens is 554 g/mol. The van der Waals surface area contributed by atoms with E-state index in [2.05, 4.69) is 20.4 Å². The maximum atomic E-state index is 13.7. The van der Waals surface area contributed by atoms with E-state index in [1.165, 1.54) is 28.8 Å². The van der Waals surface area contributed by atoms with Crippen LogP contribution in [0.15, 0.2) is 46.4 Å². The van der Waals surface area contributed by atoms with Gasteiger partial charge in [-0.05, 0) is 36.0 Å². The summed E-state index contributed by atoms with van der Waals surface area (Å²) in [5.74, 6) is -0.604. The number of nitrogens with zero attached hydrogens (tertiary/aromatic N) is 5. The monoisotopic (exact) mass is 585 g/mol. The molecule has 14 heteroatoms. The van der Waals surface area contributed by atoms with E-state index >= 15 is 0 Å². The molecular formula is C26H31N7O5S2. The Kier molecular flexibility index (Phi) is 7.77. The Bertz CT molecular complexity index is 1600. The van der Waals surface area contributed by atoms with Gasteiger partial charge in [-0.15, -0.1) is 11.3 Å². The van der Waals surface area contributed by atoms with Crippen LogP contribution < -0.4 is 11.1 Å². The van der Waals surface area contributed by atoms with Crippen LogP contribution in [0.4, 0.5) is 0 Å². The predicted molar refractivity (Wildman–Crippen MR) is 151 cm³/mol. The SMILES string of the molecule is CNC(=O)CC1CN(S(=O)(=O)c2ccc3cc(C(N)=NO)ccc3c2)CCN1C(=O)c1nc2c(s1)CN(C)CC2. The number of carbonyl (C=O) groups excluding carboxylic acids is 2. The molecule has 0 spiro atoms. The summed E-state index contributed by atoms with van der Waals surface area (Å²) in [6, 6.07) is 9.16. The summed E-state index contributed by atoms with van der Waals surface area (Å²) in [5, 5.41) is 16.3. The van der Waals surface area contributed by atoms with Gasteiger partial charge in [-0.3, -0.25) is 9.59 Å². The number of hydrogen-bond acceptors (Lipinski definition) is 9. The summed E-state index contributed by atoms with van der Waals surface area (Å²) >= 11 is 1.37. The number of nitrogens with two attached hydrogens (primary N) is 1. The van der Waals surface area contributed by atoms with E-state index in [0.29, 0.717) is 16.0 Å². The highest BCUT2D eigenvalue weighted by Crippen LogP contribution is 2.29. The van der Waals surface area contributed by atoms with Gasteiger partial charge in [0.25, 0.3) is 5.91 Å². The molecule has 1 aromatic heterocycles. The number of amides is 2. The summed E-state index contributed by atoms with van der Waals surface area (Å²) in [4.78, 5) is 35.5. The number of amidine groups is 1. The van der Waals surface area contributed by atoms with Crippen LogP contribution in [0, 0.1) is 0 Å². The molecule has 0 aliphatic carbocycles. The zero-order chi connectivity index (χ0) is 28.6. The lowest BCUT2D eigenvalue weighted by molar-refractivity contribution is -0.121. The average molecular weight is 586 g/mol. The van der Waals surface area contributed by atoms with Gasteiger partial charge in [0.2, 0.25) is 15.9 Å². The second-order valence-corrected chi connectivity index (χ2v) is 13.0. The molecule has 0 radical (unpaired) electrons. The van der Waals surface area contributed by atoms with E-state index in [4.69, 9.17) is 10.9 Å². The van der Waals surface area contributed by atoms with Crippen LogP contribution in [0.2, 0.25) is 0 Å². The van der Waals surface area contributed by atoms with Crippen molar-refractivity contribution in [2.45, 2.75) is 30.3 Å². The topological polar surface area (TPSA) is 162 Å². The number of thiazole rings is 1. The van der Waals surface area contributed by atoms with Crippen molar-refractivity contribution in [3.63, 3.8) is 0 Å². The highest BCUT2D eigenvalue weighted by molar-refractivity contribution is 7.89. The molecule has 2 aliphatic heterocycles. The average Bonchev–Trinajstić information content (AvgIpc) is 3.39. The van der Waals surface area contributed by atoms with Crippen LogP contribution in [0.5, 0.6) is 0 Å². The van der Waals surface area contributed by atoms with Gasteiger partial charge in [0.15, 0.2) is 10.8 Å². The maximum absolute atomic E-state index is 13.7. The normalized spacial score (nSPS) is 19.0. The molecule has 1 unspecified atom stereocenters. The van der Waals surface area contributed by atoms with Crippen molar-refractivity contribution < 1.29 is 23.2 Å². The van der Waals surface area contributed by atoms with Crippen LogP contribution in [0.1, 0.15) is 32.4 Å². The van der Waals surface area contributed by atoms with Gasteiger partial charge in [0, 0.05) is 63.1 Å². The minimum Gasteiger partial charge on any atom is -0.409 e. The van der Waals surface area contributed by atoms with E-state index in [0.717, 1.165) is 35.5 Å². The molecule has 212 valence electrons. The number of nitrogens with one attached hydrogen (secondary N) is 1. The van der Waals surface area contributed by atoms with Crippen LogP contribution in [0.3, 0.4) is 0 Å². The number of fused-ring (bicyclic) bond motifs is 2. The van der Waals surface area contributed by atoms with Crippen molar-refractivity contribution in [3.05, 3.63) is 57.5 Å².